The Balaban J connectivity index is 2.15. The highest BCUT2D eigenvalue weighted by Crippen LogP contribution is 2.22. The molecule has 18 heavy (non-hydrogen) atoms. The van der Waals surface area contributed by atoms with Gasteiger partial charge in [-0.25, -0.2) is 18.3 Å². The van der Waals surface area contributed by atoms with Gasteiger partial charge in [0.1, 0.15) is 12.2 Å². The van der Waals surface area contributed by atoms with Crippen LogP contribution in [0.3, 0.4) is 0 Å². The third kappa shape index (κ3) is 2.60. The summed E-state index contributed by atoms with van der Waals surface area (Å²) in [5, 5.41) is 17.7. The first kappa shape index (κ1) is 12.4. The average Bonchev–Trinajstić information content (AvgIpc) is 2.95. The number of halogens is 2. The molecule has 0 bridgehead atoms. The molecule has 1 fully saturated rings. The molecule has 98 valence electrons. The van der Waals surface area contributed by atoms with Gasteiger partial charge in [-0.3, -0.25) is 4.79 Å². The fourth-order valence-electron chi connectivity index (χ4n) is 1.44. The summed E-state index contributed by atoms with van der Waals surface area (Å²) in [7, 11) is 0. The molecule has 1 aromatic rings. The van der Waals surface area contributed by atoms with Gasteiger partial charge >= 0.3 is 5.97 Å². The van der Waals surface area contributed by atoms with E-state index in [1.54, 1.807) is 0 Å². The van der Waals surface area contributed by atoms with E-state index in [0.29, 0.717) is 4.68 Å². The molecule has 2 rings (SSSR count). The quantitative estimate of drug-likeness (QED) is 0.787. The van der Waals surface area contributed by atoms with Gasteiger partial charge in [-0.15, -0.1) is 5.10 Å². The summed E-state index contributed by atoms with van der Waals surface area (Å²) in [4.78, 5) is 22.1. The van der Waals surface area contributed by atoms with Crippen LogP contribution in [0.1, 0.15) is 35.4 Å². The van der Waals surface area contributed by atoms with E-state index in [1.807, 2.05) is 0 Å². The SMILES string of the molecule is O=C(Cn1nnc(C(=O)O)c1C(F)F)NC1CC1. The molecule has 0 saturated heterocycles. The lowest BCUT2D eigenvalue weighted by atomic mass is 10.3. The normalized spacial score (nSPS) is 14.8. The second-order valence-corrected chi connectivity index (χ2v) is 3.93. The maximum atomic E-state index is 12.7. The van der Waals surface area contributed by atoms with Crippen molar-refractivity contribution in [2.75, 3.05) is 0 Å². The number of carbonyl (C=O) groups excluding carboxylic acids is 1. The second-order valence-electron chi connectivity index (χ2n) is 3.93. The van der Waals surface area contributed by atoms with Gasteiger partial charge in [-0.05, 0) is 12.8 Å². The molecule has 1 aliphatic carbocycles. The fourth-order valence-corrected chi connectivity index (χ4v) is 1.44. The van der Waals surface area contributed by atoms with Gasteiger partial charge in [0.2, 0.25) is 5.91 Å². The largest absolute Gasteiger partial charge is 0.476 e. The maximum Gasteiger partial charge on any atom is 0.358 e. The number of nitrogens with zero attached hydrogens (tertiary/aromatic N) is 3. The van der Waals surface area contributed by atoms with Gasteiger partial charge in [-0.2, -0.15) is 0 Å². The van der Waals surface area contributed by atoms with Crippen LogP contribution in [-0.2, 0) is 11.3 Å². The van der Waals surface area contributed by atoms with Gasteiger partial charge < -0.3 is 10.4 Å². The van der Waals surface area contributed by atoms with Crippen molar-refractivity contribution in [1.29, 1.82) is 0 Å². The second kappa shape index (κ2) is 4.67. The third-order valence-corrected chi connectivity index (χ3v) is 2.42. The zero-order chi connectivity index (χ0) is 13.3. The minimum absolute atomic E-state index is 0.0926. The zero-order valence-electron chi connectivity index (χ0n) is 9.14. The van der Waals surface area contributed by atoms with Crippen molar-refractivity contribution in [1.82, 2.24) is 20.3 Å². The Kier molecular flexibility index (Phi) is 3.21. The van der Waals surface area contributed by atoms with E-state index in [-0.39, 0.29) is 6.04 Å². The first-order valence-corrected chi connectivity index (χ1v) is 5.23. The van der Waals surface area contributed by atoms with Gasteiger partial charge in [0.15, 0.2) is 5.69 Å². The molecule has 7 nitrogen and oxygen atoms in total. The van der Waals surface area contributed by atoms with Gasteiger partial charge in [-0.1, -0.05) is 5.21 Å². The van der Waals surface area contributed by atoms with Crippen LogP contribution in [-0.4, -0.2) is 38.0 Å². The standard InChI is InChI=1S/C9H10F2N4O3/c10-8(11)7-6(9(17)18)13-14-15(7)3-5(16)12-4-1-2-4/h4,8H,1-3H2,(H,12,16)(H,17,18). The van der Waals surface area contributed by atoms with Crippen LogP contribution in [0, 0.1) is 0 Å². The minimum atomic E-state index is -3.06. The molecule has 9 heteroatoms. The number of aromatic carboxylic acids is 1. The van der Waals surface area contributed by atoms with E-state index in [4.69, 9.17) is 5.11 Å². The Labute approximate surface area is 99.8 Å². The van der Waals surface area contributed by atoms with Gasteiger partial charge in [0.05, 0.1) is 0 Å². The predicted molar refractivity (Wildman–Crippen MR) is 53.1 cm³/mol. The number of nitrogens with one attached hydrogen (secondary N) is 1. The van der Waals surface area contributed by atoms with E-state index >= 15 is 0 Å². The van der Waals surface area contributed by atoms with Crippen molar-refractivity contribution in [3.05, 3.63) is 11.4 Å². The van der Waals surface area contributed by atoms with Crippen LogP contribution < -0.4 is 5.32 Å². The van der Waals surface area contributed by atoms with E-state index in [2.05, 4.69) is 15.6 Å². The highest BCUT2D eigenvalue weighted by atomic mass is 19.3. The van der Waals surface area contributed by atoms with Crippen molar-refractivity contribution in [2.24, 2.45) is 0 Å². The molecule has 0 atom stereocenters. The highest BCUT2D eigenvalue weighted by Gasteiger charge is 2.28. The van der Waals surface area contributed by atoms with Crippen LogP contribution in [0.2, 0.25) is 0 Å². The number of amides is 1. The molecule has 1 amide bonds. The summed E-state index contributed by atoms with van der Waals surface area (Å²) < 4.78 is 26.0. The summed E-state index contributed by atoms with van der Waals surface area (Å²) in [5.74, 6) is -2.08. The minimum Gasteiger partial charge on any atom is -0.476 e. The predicted octanol–water partition coefficient (Wildman–Crippen LogP) is 0.192. The maximum absolute atomic E-state index is 12.7. The van der Waals surface area contributed by atoms with Crippen molar-refractivity contribution < 1.29 is 23.5 Å². The number of hydrogen-bond acceptors (Lipinski definition) is 4. The molecular weight excluding hydrogens is 250 g/mol. The molecule has 1 heterocycles. The van der Waals surface area contributed by atoms with Crippen LogP contribution >= 0.6 is 0 Å². The molecule has 1 saturated carbocycles. The summed E-state index contributed by atoms with van der Waals surface area (Å²) in [6.45, 7) is -0.462. The Morgan fingerprint density at radius 1 is 1.50 bits per heavy atom. The topological polar surface area (TPSA) is 97.1 Å². The lowest BCUT2D eigenvalue weighted by molar-refractivity contribution is -0.122. The molecule has 2 N–H and O–H groups in total. The fraction of sp³-hybridized carbons (Fsp3) is 0.556. The number of alkyl halides is 2. The van der Waals surface area contributed by atoms with Crippen LogP contribution in [0.15, 0.2) is 0 Å². The molecule has 0 unspecified atom stereocenters. The van der Waals surface area contributed by atoms with E-state index < -0.39 is 36.2 Å². The summed E-state index contributed by atoms with van der Waals surface area (Å²) in [6.07, 6.45) is -1.32. The Morgan fingerprint density at radius 3 is 2.67 bits per heavy atom. The molecule has 0 spiro atoms. The number of carbonyl (C=O) groups is 2. The van der Waals surface area contributed by atoms with Crippen molar-refractivity contribution in [3.8, 4) is 0 Å². The Morgan fingerprint density at radius 2 is 2.17 bits per heavy atom. The van der Waals surface area contributed by atoms with E-state index in [0.717, 1.165) is 12.8 Å². The number of rotatable bonds is 5. The summed E-state index contributed by atoms with van der Waals surface area (Å²) >= 11 is 0. The monoisotopic (exact) mass is 260 g/mol. The zero-order valence-corrected chi connectivity index (χ0v) is 9.14. The number of carboxylic acid groups (broad SMARTS) is 1. The third-order valence-electron chi connectivity index (χ3n) is 2.42. The molecular formula is C9H10F2N4O3. The Hall–Kier alpha value is -2.06. The number of hydrogen-bond donors (Lipinski definition) is 2. The lowest BCUT2D eigenvalue weighted by Gasteiger charge is -2.06. The average molecular weight is 260 g/mol. The number of carboxylic acids is 1. The van der Waals surface area contributed by atoms with Gasteiger partial charge in [0.25, 0.3) is 6.43 Å². The molecule has 0 aliphatic heterocycles. The number of aromatic nitrogens is 3. The molecule has 1 aromatic heterocycles. The van der Waals surface area contributed by atoms with E-state index in [1.165, 1.54) is 0 Å². The lowest BCUT2D eigenvalue weighted by Crippen LogP contribution is -2.30. The molecule has 0 aromatic carbocycles. The van der Waals surface area contributed by atoms with Crippen molar-refractivity contribution >= 4 is 11.9 Å². The van der Waals surface area contributed by atoms with Crippen molar-refractivity contribution in [2.45, 2.75) is 31.9 Å². The molecule has 0 radical (unpaired) electrons. The summed E-state index contributed by atoms with van der Waals surface area (Å²) in [5.41, 5.74) is -1.68. The molecule has 1 aliphatic rings. The Bertz CT molecular complexity index is 484. The highest BCUT2D eigenvalue weighted by molar-refractivity contribution is 5.86. The summed E-state index contributed by atoms with van der Waals surface area (Å²) in [6, 6.07) is 0.0926. The van der Waals surface area contributed by atoms with Gasteiger partial charge in [0, 0.05) is 6.04 Å². The smallest absolute Gasteiger partial charge is 0.358 e. The van der Waals surface area contributed by atoms with Crippen LogP contribution in [0.4, 0.5) is 8.78 Å². The van der Waals surface area contributed by atoms with Crippen LogP contribution in [0.25, 0.3) is 0 Å². The van der Waals surface area contributed by atoms with E-state index in [9.17, 15) is 18.4 Å². The first-order valence-electron chi connectivity index (χ1n) is 5.23. The van der Waals surface area contributed by atoms with Crippen LogP contribution in [0.5, 0.6) is 0 Å². The van der Waals surface area contributed by atoms with Crippen molar-refractivity contribution in [3.63, 3.8) is 0 Å². The first-order chi connectivity index (χ1) is 8.49.